The number of ether oxygens (including phenoxy) is 1. The number of carbonyl (C=O) groups excluding carboxylic acids is 1. The van der Waals surface area contributed by atoms with Crippen LogP contribution in [0.25, 0.3) is 11.0 Å². The van der Waals surface area contributed by atoms with Crippen molar-refractivity contribution in [2.45, 2.75) is 25.5 Å². The summed E-state index contributed by atoms with van der Waals surface area (Å²) in [4.78, 5) is 30.6. The minimum Gasteiger partial charge on any atom is -0.488 e. The highest BCUT2D eigenvalue weighted by Crippen LogP contribution is 2.28. The van der Waals surface area contributed by atoms with Gasteiger partial charge in [0.2, 0.25) is 0 Å². The summed E-state index contributed by atoms with van der Waals surface area (Å²) in [5.74, 6) is 0.513. The Morgan fingerprint density at radius 3 is 2.45 bits per heavy atom. The van der Waals surface area contributed by atoms with Crippen LogP contribution in [0.3, 0.4) is 0 Å². The number of aromatic amines is 1. The van der Waals surface area contributed by atoms with Crippen molar-refractivity contribution in [3.63, 3.8) is 0 Å². The molecule has 5 rings (SSSR count). The number of imidazole rings is 1. The smallest absolute Gasteiger partial charge is 0.326 e. The molecule has 0 spiro atoms. The number of hydrogen-bond acceptors (Lipinski definition) is 3. The molecule has 0 atom stereocenters. The van der Waals surface area contributed by atoms with Gasteiger partial charge in [-0.15, -0.1) is 0 Å². The number of H-pyrrole nitrogens is 1. The Morgan fingerprint density at radius 1 is 0.970 bits per heavy atom. The van der Waals surface area contributed by atoms with E-state index >= 15 is 0 Å². The Labute approximate surface area is 196 Å². The van der Waals surface area contributed by atoms with Crippen LogP contribution in [0.5, 0.6) is 5.75 Å². The summed E-state index contributed by atoms with van der Waals surface area (Å²) in [6.45, 7) is 1.52. The van der Waals surface area contributed by atoms with Gasteiger partial charge in [0.15, 0.2) is 0 Å². The number of nitrogens with one attached hydrogen (secondary N) is 1. The van der Waals surface area contributed by atoms with E-state index in [9.17, 15) is 9.59 Å². The first-order valence-electron chi connectivity index (χ1n) is 11.0. The van der Waals surface area contributed by atoms with E-state index in [0.29, 0.717) is 36.0 Å². The number of amides is 1. The van der Waals surface area contributed by atoms with Crippen LogP contribution in [0, 0.1) is 0 Å². The highest BCUT2D eigenvalue weighted by molar-refractivity contribution is 6.30. The van der Waals surface area contributed by atoms with Crippen LogP contribution in [-0.2, 0) is 6.61 Å². The number of halogens is 1. The van der Waals surface area contributed by atoms with E-state index < -0.39 is 0 Å². The molecule has 0 aliphatic carbocycles. The number of benzene rings is 3. The minimum absolute atomic E-state index is 0.0496. The molecule has 1 N–H and O–H groups in total. The molecule has 6 nitrogen and oxygen atoms in total. The maximum Gasteiger partial charge on any atom is 0.326 e. The van der Waals surface area contributed by atoms with Gasteiger partial charge in [-0.2, -0.15) is 0 Å². The number of likely N-dealkylation sites (tertiary alicyclic amines) is 1. The highest BCUT2D eigenvalue weighted by Gasteiger charge is 2.27. The quantitative estimate of drug-likeness (QED) is 0.452. The largest absolute Gasteiger partial charge is 0.488 e. The van der Waals surface area contributed by atoms with Gasteiger partial charge in [-0.3, -0.25) is 9.36 Å². The van der Waals surface area contributed by atoms with Gasteiger partial charge < -0.3 is 14.6 Å². The SMILES string of the molecule is O=C(c1ccccc1OCc1ccc(Cl)cc1)N1CCC(n2c(=O)[nH]c3ccccc32)CC1. The van der Waals surface area contributed by atoms with Crippen LogP contribution in [-0.4, -0.2) is 33.4 Å². The monoisotopic (exact) mass is 461 g/mol. The third kappa shape index (κ3) is 4.39. The maximum absolute atomic E-state index is 13.3. The first-order valence-corrected chi connectivity index (χ1v) is 11.4. The van der Waals surface area contributed by atoms with Gasteiger partial charge in [-0.25, -0.2) is 4.79 Å². The molecule has 1 aliphatic rings. The number of para-hydroxylation sites is 3. The lowest BCUT2D eigenvalue weighted by Gasteiger charge is -2.33. The number of rotatable bonds is 5. The van der Waals surface area contributed by atoms with Gasteiger partial charge in [-0.1, -0.05) is 48.0 Å². The van der Waals surface area contributed by atoms with Gasteiger partial charge in [0, 0.05) is 24.2 Å². The van der Waals surface area contributed by atoms with Crippen molar-refractivity contribution in [3.8, 4) is 5.75 Å². The van der Waals surface area contributed by atoms with Crippen LogP contribution in [0.4, 0.5) is 0 Å². The molecule has 1 aromatic heterocycles. The molecule has 0 radical (unpaired) electrons. The van der Waals surface area contributed by atoms with Gasteiger partial charge in [0.1, 0.15) is 12.4 Å². The third-order valence-corrected chi connectivity index (χ3v) is 6.42. The molecule has 0 unspecified atom stereocenters. The second kappa shape index (κ2) is 9.16. The van der Waals surface area contributed by atoms with E-state index in [-0.39, 0.29) is 17.6 Å². The molecule has 1 amide bonds. The fourth-order valence-corrected chi connectivity index (χ4v) is 4.57. The van der Waals surface area contributed by atoms with Crippen LogP contribution in [0.1, 0.15) is 34.8 Å². The van der Waals surface area contributed by atoms with Crippen LogP contribution in [0.15, 0.2) is 77.6 Å². The van der Waals surface area contributed by atoms with Crippen molar-refractivity contribution in [2.24, 2.45) is 0 Å². The number of carbonyl (C=O) groups is 1. The van der Waals surface area contributed by atoms with Gasteiger partial charge in [0.05, 0.1) is 16.6 Å². The lowest BCUT2D eigenvalue weighted by atomic mass is 10.0. The summed E-state index contributed by atoms with van der Waals surface area (Å²) in [6.07, 6.45) is 1.45. The number of nitrogens with zero attached hydrogens (tertiary/aromatic N) is 2. The van der Waals surface area contributed by atoms with E-state index in [2.05, 4.69) is 4.98 Å². The Morgan fingerprint density at radius 2 is 1.67 bits per heavy atom. The molecule has 1 fully saturated rings. The zero-order valence-corrected chi connectivity index (χ0v) is 18.8. The third-order valence-electron chi connectivity index (χ3n) is 6.17. The second-order valence-corrected chi connectivity index (χ2v) is 8.69. The first-order chi connectivity index (χ1) is 16.1. The van der Waals surface area contributed by atoms with E-state index in [4.69, 9.17) is 16.3 Å². The molecule has 7 heteroatoms. The molecule has 33 heavy (non-hydrogen) atoms. The van der Waals surface area contributed by atoms with Crippen molar-refractivity contribution >= 4 is 28.5 Å². The Balaban J connectivity index is 1.28. The molecule has 4 aromatic rings. The van der Waals surface area contributed by atoms with Crippen LogP contribution < -0.4 is 10.4 Å². The molecule has 1 saturated heterocycles. The van der Waals surface area contributed by atoms with E-state index in [0.717, 1.165) is 29.4 Å². The standard InChI is InChI=1S/C26H24ClN3O3/c27-19-11-9-18(10-12-19)17-33-24-8-4-1-5-21(24)25(31)29-15-13-20(14-16-29)30-23-7-3-2-6-22(23)28-26(30)32/h1-12,20H,13-17H2,(H,28,32). The summed E-state index contributed by atoms with van der Waals surface area (Å²) < 4.78 is 7.81. The summed E-state index contributed by atoms with van der Waals surface area (Å²) in [5, 5.41) is 0.674. The van der Waals surface area contributed by atoms with Crippen molar-refractivity contribution in [2.75, 3.05) is 13.1 Å². The van der Waals surface area contributed by atoms with E-state index in [1.165, 1.54) is 0 Å². The number of piperidine rings is 1. The first kappa shape index (κ1) is 21.3. The number of hydrogen-bond donors (Lipinski definition) is 1. The predicted octanol–water partition coefficient (Wildman–Crippen LogP) is 5.04. The average molecular weight is 462 g/mol. The number of fused-ring (bicyclic) bond motifs is 1. The van der Waals surface area contributed by atoms with Crippen LogP contribution >= 0.6 is 11.6 Å². The minimum atomic E-state index is -0.0954. The lowest BCUT2D eigenvalue weighted by Crippen LogP contribution is -2.40. The van der Waals surface area contributed by atoms with Crippen molar-refractivity contribution in [1.29, 1.82) is 0 Å². The van der Waals surface area contributed by atoms with Crippen molar-refractivity contribution < 1.29 is 9.53 Å². The van der Waals surface area contributed by atoms with Gasteiger partial charge >= 0.3 is 5.69 Å². The maximum atomic E-state index is 13.3. The highest BCUT2D eigenvalue weighted by atomic mass is 35.5. The second-order valence-electron chi connectivity index (χ2n) is 8.25. The molecular formula is C26H24ClN3O3. The lowest BCUT2D eigenvalue weighted by molar-refractivity contribution is 0.0690. The molecule has 0 saturated carbocycles. The topological polar surface area (TPSA) is 67.3 Å². The van der Waals surface area contributed by atoms with Gasteiger partial charge in [-0.05, 0) is 54.8 Å². The van der Waals surface area contributed by atoms with E-state index in [1.54, 1.807) is 6.07 Å². The zero-order valence-electron chi connectivity index (χ0n) is 18.0. The average Bonchev–Trinajstić information content (AvgIpc) is 3.19. The zero-order chi connectivity index (χ0) is 22.8. The van der Waals surface area contributed by atoms with Gasteiger partial charge in [0.25, 0.3) is 5.91 Å². The van der Waals surface area contributed by atoms with Crippen LogP contribution in [0.2, 0.25) is 5.02 Å². The molecule has 3 aromatic carbocycles. The van der Waals surface area contributed by atoms with Crippen molar-refractivity contribution in [3.05, 3.63) is 99.4 Å². The Hall–Kier alpha value is -3.51. The molecule has 1 aliphatic heterocycles. The predicted molar refractivity (Wildman–Crippen MR) is 129 cm³/mol. The van der Waals surface area contributed by atoms with Crippen molar-refractivity contribution in [1.82, 2.24) is 14.5 Å². The summed E-state index contributed by atoms with van der Waals surface area (Å²) in [6, 6.07) is 22.6. The van der Waals surface area contributed by atoms with E-state index in [1.807, 2.05) is 76.2 Å². The fourth-order valence-electron chi connectivity index (χ4n) is 4.45. The molecule has 0 bridgehead atoms. The normalized spacial score (nSPS) is 14.5. The molecule has 168 valence electrons. The summed E-state index contributed by atoms with van der Waals surface area (Å²) in [5.41, 5.74) is 3.18. The fraction of sp³-hybridized carbons (Fsp3) is 0.231. The Kier molecular flexibility index (Phi) is 5.92. The Bertz CT molecular complexity index is 1330. The molecule has 2 heterocycles. The summed E-state index contributed by atoms with van der Waals surface area (Å²) >= 11 is 5.95. The number of aromatic nitrogens is 2. The molecular weight excluding hydrogens is 438 g/mol. The summed E-state index contributed by atoms with van der Waals surface area (Å²) in [7, 11) is 0.